The third-order valence-electron chi connectivity index (χ3n) is 2.55. The second-order valence-corrected chi connectivity index (χ2v) is 4.16. The molecule has 0 unspecified atom stereocenters. The van der Waals surface area contributed by atoms with Crippen molar-refractivity contribution in [2.75, 3.05) is 19.8 Å². The van der Waals surface area contributed by atoms with Gasteiger partial charge in [-0.05, 0) is 19.3 Å². The van der Waals surface area contributed by atoms with Crippen molar-refractivity contribution in [3.05, 3.63) is 0 Å². The van der Waals surface area contributed by atoms with Gasteiger partial charge in [-0.2, -0.15) is 0 Å². The summed E-state index contributed by atoms with van der Waals surface area (Å²) in [5.41, 5.74) is 0. The van der Waals surface area contributed by atoms with Gasteiger partial charge in [-0.25, -0.2) is 0 Å². The molecule has 2 nitrogen and oxygen atoms in total. The van der Waals surface area contributed by atoms with Gasteiger partial charge < -0.3 is 9.84 Å². The summed E-state index contributed by atoms with van der Waals surface area (Å²) in [4.78, 5) is 0. The zero-order valence-electron chi connectivity index (χ0n) is 10.3. The van der Waals surface area contributed by atoms with Crippen LogP contribution >= 0.6 is 0 Å². The van der Waals surface area contributed by atoms with Gasteiger partial charge in [0.2, 0.25) is 0 Å². The van der Waals surface area contributed by atoms with Crippen molar-refractivity contribution in [1.29, 1.82) is 0 Å². The first-order valence-corrected chi connectivity index (χ1v) is 6.60. The maximum Gasteiger partial charge on any atom is 0.0466 e. The van der Waals surface area contributed by atoms with Crippen LogP contribution in [0.5, 0.6) is 0 Å². The Morgan fingerprint density at radius 2 is 1.27 bits per heavy atom. The third-order valence-corrected chi connectivity index (χ3v) is 2.55. The second kappa shape index (κ2) is 13.9. The van der Waals surface area contributed by atoms with Crippen molar-refractivity contribution in [2.24, 2.45) is 0 Å². The normalized spacial score (nSPS) is 10.8. The summed E-state index contributed by atoms with van der Waals surface area (Å²) >= 11 is 0. The van der Waals surface area contributed by atoms with E-state index in [1.807, 2.05) is 0 Å². The maximum absolute atomic E-state index is 8.60. The number of unbranched alkanes of at least 4 members (excludes halogenated alkanes) is 7. The Bertz CT molecular complexity index is 92.7. The van der Waals surface area contributed by atoms with Crippen LogP contribution in [0.15, 0.2) is 0 Å². The van der Waals surface area contributed by atoms with Gasteiger partial charge in [0.15, 0.2) is 0 Å². The highest BCUT2D eigenvalue weighted by Gasteiger charge is 1.92. The van der Waals surface area contributed by atoms with Gasteiger partial charge in [-0.3, -0.25) is 0 Å². The first kappa shape index (κ1) is 14.9. The molecule has 0 rings (SSSR count). The average molecular weight is 216 g/mol. The molecule has 2 heteroatoms. The minimum absolute atomic E-state index is 0.356. The van der Waals surface area contributed by atoms with Gasteiger partial charge in [-0.1, -0.05) is 45.4 Å². The number of aliphatic hydroxyl groups is 1. The van der Waals surface area contributed by atoms with E-state index in [0.717, 1.165) is 26.1 Å². The quantitative estimate of drug-likeness (QED) is 0.506. The zero-order valence-corrected chi connectivity index (χ0v) is 10.3. The first-order valence-electron chi connectivity index (χ1n) is 6.60. The van der Waals surface area contributed by atoms with Gasteiger partial charge in [0.05, 0.1) is 0 Å². The number of rotatable bonds is 12. The van der Waals surface area contributed by atoms with E-state index in [1.54, 1.807) is 0 Å². The summed E-state index contributed by atoms with van der Waals surface area (Å²) in [5.74, 6) is 0. The van der Waals surface area contributed by atoms with Crippen molar-refractivity contribution >= 4 is 0 Å². The molecule has 0 aliphatic heterocycles. The van der Waals surface area contributed by atoms with E-state index in [-0.39, 0.29) is 0 Å². The topological polar surface area (TPSA) is 29.5 Å². The molecule has 0 aromatic carbocycles. The van der Waals surface area contributed by atoms with Crippen molar-refractivity contribution < 1.29 is 9.84 Å². The van der Waals surface area contributed by atoms with Crippen LogP contribution < -0.4 is 0 Å². The summed E-state index contributed by atoms with van der Waals surface area (Å²) in [6.07, 6.45) is 11.1. The molecule has 0 aliphatic rings. The highest BCUT2D eigenvalue weighted by Crippen LogP contribution is 2.08. The van der Waals surface area contributed by atoms with Crippen LogP contribution in [-0.4, -0.2) is 24.9 Å². The lowest BCUT2D eigenvalue weighted by Gasteiger charge is -2.03. The largest absolute Gasteiger partial charge is 0.396 e. The van der Waals surface area contributed by atoms with Gasteiger partial charge in [0.25, 0.3) is 0 Å². The molecule has 0 aromatic heterocycles. The van der Waals surface area contributed by atoms with Crippen molar-refractivity contribution in [3.8, 4) is 0 Å². The average Bonchev–Trinajstić information content (AvgIpc) is 2.26. The van der Waals surface area contributed by atoms with Crippen LogP contribution in [0.2, 0.25) is 0 Å². The highest BCUT2D eigenvalue weighted by atomic mass is 16.5. The van der Waals surface area contributed by atoms with E-state index in [1.165, 1.54) is 44.9 Å². The molecule has 0 heterocycles. The molecule has 1 N–H and O–H groups in total. The lowest BCUT2D eigenvalue weighted by Crippen LogP contribution is -1.95. The summed E-state index contributed by atoms with van der Waals surface area (Å²) in [7, 11) is 0. The van der Waals surface area contributed by atoms with E-state index in [0.29, 0.717) is 6.61 Å². The first-order chi connectivity index (χ1) is 7.41. The molecule has 0 saturated heterocycles. The van der Waals surface area contributed by atoms with Crippen LogP contribution in [0.3, 0.4) is 0 Å². The molecule has 0 spiro atoms. The molecular formula is C13H28O2. The van der Waals surface area contributed by atoms with E-state index >= 15 is 0 Å². The predicted octanol–water partition coefficient (Wildman–Crippen LogP) is 3.53. The summed E-state index contributed by atoms with van der Waals surface area (Å²) < 4.78 is 5.41. The Balaban J connectivity index is 2.81. The monoisotopic (exact) mass is 216 g/mol. The molecule has 15 heavy (non-hydrogen) atoms. The number of hydrogen-bond acceptors (Lipinski definition) is 2. The summed E-state index contributed by atoms with van der Waals surface area (Å²) in [6.45, 7) is 4.36. The molecule has 92 valence electrons. The van der Waals surface area contributed by atoms with E-state index in [9.17, 15) is 0 Å². The smallest absolute Gasteiger partial charge is 0.0466 e. The number of hydrogen-bond donors (Lipinski definition) is 1. The molecule has 0 radical (unpaired) electrons. The second-order valence-electron chi connectivity index (χ2n) is 4.16. The fourth-order valence-electron chi connectivity index (χ4n) is 1.62. The molecule has 0 bridgehead atoms. The molecule has 0 amide bonds. The lowest BCUT2D eigenvalue weighted by molar-refractivity contribution is 0.130. The summed E-state index contributed by atoms with van der Waals surface area (Å²) in [6, 6.07) is 0. The van der Waals surface area contributed by atoms with Crippen LogP contribution in [0.25, 0.3) is 0 Å². The van der Waals surface area contributed by atoms with Crippen LogP contribution in [0, 0.1) is 0 Å². The molecule has 0 atom stereocenters. The van der Waals surface area contributed by atoms with Crippen LogP contribution in [0.1, 0.15) is 64.7 Å². The zero-order chi connectivity index (χ0) is 11.2. The fraction of sp³-hybridized carbons (Fsp3) is 1.00. The van der Waals surface area contributed by atoms with Gasteiger partial charge >= 0.3 is 0 Å². The van der Waals surface area contributed by atoms with Crippen molar-refractivity contribution in [3.63, 3.8) is 0 Å². The molecule has 0 fully saturated rings. The summed E-state index contributed by atoms with van der Waals surface area (Å²) in [5, 5.41) is 8.60. The van der Waals surface area contributed by atoms with E-state index in [2.05, 4.69) is 6.92 Å². The highest BCUT2D eigenvalue weighted by molar-refractivity contribution is 4.46. The van der Waals surface area contributed by atoms with Crippen LogP contribution in [0.4, 0.5) is 0 Å². The Morgan fingerprint density at radius 1 is 0.733 bits per heavy atom. The van der Waals surface area contributed by atoms with Gasteiger partial charge in [0.1, 0.15) is 0 Å². The number of ether oxygens (including phenoxy) is 1. The minimum atomic E-state index is 0.356. The standard InChI is InChI=1S/C13H28O2/c1-2-12-15-13-10-8-6-4-3-5-7-9-11-14/h14H,2-13H2,1H3. The van der Waals surface area contributed by atoms with Crippen molar-refractivity contribution in [1.82, 2.24) is 0 Å². The van der Waals surface area contributed by atoms with Crippen LogP contribution in [-0.2, 0) is 4.74 Å². The molecule has 0 aromatic rings. The van der Waals surface area contributed by atoms with E-state index < -0.39 is 0 Å². The fourth-order valence-corrected chi connectivity index (χ4v) is 1.62. The Hall–Kier alpha value is -0.0800. The predicted molar refractivity (Wildman–Crippen MR) is 65.1 cm³/mol. The Labute approximate surface area is 95.0 Å². The SMILES string of the molecule is CCCOCCCCCCCCCCO. The Kier molecular flexibility index (Phi) is 13.8. The molecule has 0 saturated carbocycles. The molecule has 0 aliphatic carbocycles. The van der Waals surface area contributed by atoms with Crippen molar-refractivity contribution in [2.45, 2.75) is 64.7 Å². The third kappa shape index (κ3) is 13.9. The Morgan fingerprint density at radius 3 is 1.80 bits per heavy atom. The van der Waals surface area contributed by atoms with Gasteiger partial charge in [-0.15, -0.1) is 0 Å². The van der Waals surface area contributed by atoms with E-state index in [4.69, 9.17) is 9.84 Å². The maximum atomic E-state index is 8.60. The number of aliphatic hydroxyl groups excluding tert-OH is 1. The lowest BCUT2D eigenvalue weighted by atomic mass is 10.1. The van der Waals surface area contributed by atoms with Gasteiger partial charge in [0, 0.05) is 19.8 Å². The minimum Gasteiger partial charge on any atom is -0.396 e. The molecular weight excluding hydrogens is 188 g/mol.